The Morgan fingerprint density at radius 3 is 2.50 bits per heavy atom. The Hall–Kier alpha value is -1.49. The SMILES string of the molecule is Cc1ccccc1NC(=O)C(F)(F)C1(O)CCC1. The van der Waals surface area contributed by atoms with Crippen LogP contribution in [0.3, 0.4) is 0 Å². The van der Waals surface area contributed by atoms with Gasteiger partial charge in [0.25, 0.3) is 5.91 Å². The minimum atomic E-state index is -3.76. The minimum Gasteiger partial charge on any atom is -0.383 e. The number of nitrogens with one attached hydrogen (secondary N) is 1. The normalized spacial score (nSPS) is 18.0. The van der Waals surface area contributed by atoms with Crippen molar-refractivity contribution in [1.29, 1.82) is 0 Å². The van der Waals surface area contributed by atoms with Gasteiger partial charge >= 0.3 is 5.92 Å². The average Bonchev–Trinajstić information content (AvgIpc) is 2.28. The first-order valence-electron chi connectivity index (χ1n) is 5.84. The van der Waals surface area contributed by atoms with Crippen molar-refractivity contribution in [2.24, 2.45) is 0 Å². The molecule has 1 aliphatic carbocycles. The third-order valence-corrected chi connectivity index (χ3v) is 3.44. The molecule has 0 aromatic heterocycles. The Bertz CT molecular complexity index is 470. The maximum Gasteiger partial charge on any atom is 0.352 e. The van der Waals surface area contributed by atoms with E-state index in [0.717, 1.165) is 0 Å². The topological polar surface area (TPSA) is 49.3 Å². The molecular weight excluding hydrogens is 240 g/mol. The number of para-hydroxylation sites is 1. The molecule has 1 saturated carbocycles. The van der Waals surface area contributed by atoms with Crippen molar-refractivity contribution >= 4 is 11.6 Å². The van der Waals surface area contributed by atoms with Crippen LogP contribution in [0, 0.1) is 6.92 Å². The molecule has 0 heterocycles. The largest absolute Gasteiger partial charge is 0.383 e. The summed E-state index contributed by atoms with van der Waals surface area (Å²) in [7, 11) is 0. The number of amides is 1. The number of benzene rings is 1. The molecule has 1 fully saturated rings. The van der Waals surface area contributed by atoms with Gasteiger partial charge in [0.15, 0.2) is 0 Å². The summed E-state index contributed by atoms with van der Waals surface area (Å²) in [5.41, 5.74) is -1.15. The number of alkyl halides is 2. The van der Waals surface area contributed by atoms with Gasteiger partial charge in [-0.3, -0.25) is 4.79 Å². The molecule has 0 radical (unpaired) electrons. The molecule has 2 N–H and O–H groups in total. The fourth-order valence-corrected chi connectivity index (χ4v) is 1.95. The Kier molecular flexibility index (Phi) is 3.11. The van der Waals surface area contributed by atoms with Gasteiger partial charge in [0, 0.05) is 5.69 Å². The van der Waals surface area contributed by atoms with Crippen LogP contribution in [0.5, 0.6) is 0 Å². The minimum absolute atomic E-state index is 0.0405. The highest BCUT2D eigenvalue weighted by Gasteiger charge is 2.61. The number of aryl methyl sites for hydroxylation is 1. The van der Waals surface area contributed by atoms with Crippen LogP contribution < -0.4 is 5.32 Å². The van der Waals surface area contributed by atoms with Gasteiger partial charge in [0.05, 0.1) is 0 Å². The van der Waals surface area contributed by atoms with Crippen LogP contribution in [0.25, 0.3) is 0 Å². The maximum atomic E-state index is 13.8. The molecule has 0 saturated heterocycles. The molecule has 0 spiro atoms. The predicted octanol–water partition coefficient (Wildman–Crippen LogP) is 2.48. The van der Waals surface area contributed by atoms with Gasteiger partial charge in [-0.25, -0.2) is 0 Å². The van der Waals surface area contributed by atoms with Gasteiger partial charge in [-0.2, -0.15) is 8.78 Å². The van der Waals surface area contributed by atoms with Crippen LogP contribution in [0.4, 0.5) is 14.5 Å². The van der Waals surface area contributed by atoms with E-state index in [1.807, 2.05) is 0 Å². The van der Waals surface area contributed by atoms with Gasteiger partial charge in [0.1, 0.15) is 5.60 Å². The van der Waals surface area contributed by atoms with Gasteiger partial charge in [-0.15, -0.1) is 0 Å². The second-order valence-electron chi connectivity index (χ2n) is 4.73. The van der Waals surface area contributed by atoms with Gasteiger partial charge in [-0.1, -0.05) is 18.2 Å². The molecule has 2 rings (SSSR count). The van der Waals surface area contributed by atoms with Crippen LogP contribution in [-0.2, 0) is 4.79 Å². The van der Waals surface area contributed by atoms with Crippen molar-refractivity contribution in [3.63, 3.8) is 0 Å². The molecule has 1 aromatic carbocycles. The maximum absolute atomic E-state index is 13.8. The van der Waals surface area contributed by atoms with E-state index in [9.17, 15) is 18.7 Å². The van der Waals surface area contributed by atoms with Gasteiger partial charge in [-0.05, 0) is 37.8 Å². The molecule has 0 bridgehead atoms. The quantitative estimate of drug-likeness (QED) is 0.871. The van der Waals surface area contributed by atoms with Crippen LogP contribution in [0.15, 0.2) is 24.3 Å². The molecule has 0 aliphatic heterocycles. The Balaban J connectivity index is 2.15. The zero-order valence-electron chi connectivity index (χ0n) is 10.0. The third-order valence-electron chi connectivity index (χ3n) is 3.44. The smallest absolute Gasteiger partial charge is 0.352 e. The molecule has 5 heteroatoms. The van der Waals surface area contributed by atoms with Crippen LogP contribution >= 0.6 is 0 Å². The average molecular weight is 255 g/mol. The van der Waals surface area contributed by atoms with Crippen molar-refractivity contribution in [3.8, 4) is 0 Å². The molecule has 3 nitrogen and oxygen atoms in total. The molecule has 98 valence electrons. The first-order valence-corrected chi connectivity index (χ1v) is 5.84. The third kappa shape index (κ3) is 1.99. The molecular formula is C13H15F2NO2. The standard InChI is InChI=1S/C13H15F2NO2/c1-9-5-2-3-6-10(9)16-11(17)13(14,15)12(18)7-4-8-12/h2-3,5-6,18H,4,7-8H2,1H3,(H,16,17). The lowest BCUT2D eigenvalue weighted by molar-refractivity contribution is -0.212. The molecule has 1 amide bonds. The highest BCUT2D eigenvalue weighted by molar-refractivity contribution is 5.97. The molecule has 0 unspecified atom stereocenters. The summed E-state index contributed by atoms with van der Waals surface area (Å²) in [5, 5.41) is 11.8. The fourth-order valence-electron chi connectivity index (χ4n) is 1.95. The summed E-state index contributed by atoms with van der Waals surface area (Å²) < 4.78 is 27.6. The van der Waals surface area contributed by atoms with E-state index in [0.29, 0.717) is 17.7 Å². The molecule has 1 aromatic rings. The summed E-state index contributed by atoms with van der Waals surface area (Å²) in [6.45, 7) is 1.71. The summed E-state index contributed by atoms with van der Waals surface area (Å²) >= 11 is 0. The Morgan fingerprint density at radius 1 is 1.39 bits per heavy atom. The predicted molar refractivity (Wildman–Crippen MR) is 63.6 cm³/mol. The van der Waals surface area contributed by atoms with Crippen molar-refractivity contribution in [2.45, 2.75) is 37.7 Å². The number of carbonyl (C=O) groups is 1. The van der Waals surface area contributed by atoms with Crippen LogP contribution in [0.2, 0.25) is 0 Å². The second-order valence-corrected chi connectivity index (χ2v) is 4.73. The molecule has 18 heavy (non-hydrogen) atoms. The van der Waals surface area contributed by atoms with E-state index in [1.165, 1.54) is 0 Å². The van der Waals surface area contributed by atoms with Crippen molar-refractivity contribution in [3.05, 3.63) is 29.8 Å². The van der Waals surface area contributed by atoms with E-state index in [-0.39, 0.29) is 12.8 Å². The zero-order valence-corrected chi connectivity index (χ0v) is 10.0. The number of hydrogen-bond acceptors (Lipinski definition) is 2. The number of carbonyl (C=O) groups excluding carboxylic acids is 1. The molecule has 0 atom stereocenters. The van der Waals surface area contributed by atoms with Crippen molar-refractivity contribution in [1.82, 2.24) is 0 Å². The second kappa shape index (κ2) is 4.31. The highest BCUT2D eigenvalue weighted by atomic mass is 19.3. The Morgan fingerprint density at radius 2 is 2.00 bits per heavy atom. The summed E-state index contributed by atoms with van der Waals surface area (Å²) in [6, 6.07) is 6.67. The van der Waals surface area contributed by atoms with E-state index in [2.05, 4.69) is 5.32 Å². The van der Waals surface area contributed by atoms with E-state index in [4.69, 9.17) is 0 Å². The van der Waals surface area contributed by atoms with E-state index < -0.39 is 17.4 Å². The number of aliphatic hydroxyl groups is 1. The first-order chi connectivity index (χ1) is 8.37. The number of hydrogen-bond donors (Lipinski definition) is 2. The summed E-state index contributed by atoms with van der Waals surface area (Å²) in [5.74, 6) is -5.20. The van der Waals surface area contributed by atoms with Gasteiger partial charge < -0.3 is 10.4 Å². The zero-order chi connectivity index (χ0) is 13.4. The Labute approximate surface area is 104 Å². The lowest BCUT2D eigenvalue weighted by atomic mass is 9.75. The van der Waals surface area contributed by atoms with E-state index in [1.54, 1.807) is 31.2 Å². The highest BCUT2D eigenvalue weighted by Crippen LogP contribution is 2.44. The lowest BCUT2D eigenvalue weighted by Gasteiger charge is -2.41. The first kappa shape index (κ1) is 13.0. The van der Waals surface area contributed by atoms with Gasteiger partial charge in [0.2, 0.25) is 0 Å². The molecule has 1 aliphatic rings. The number of anilines is 1. The van der Waals surface area contributed by atoms with Crippen LogP contribution in [-0.4, -0.2) is 22.5 Å². The van der Waals surface area contributed by atoms with Crippen molar-refractivity contribution in [2.75, 3.05) is 5.32 Å². The summed E-state index contributed by atoms with van der Waals surface area (Å²) in [6.07, 6.45) is 0.437. The van der Waals surface area contributed by atoms with Crippen LogP contribution in [0.1, 0.15) is 24.8 Å². The van der Waals surface area contributed by atoms with E-state index >= 15 is 0 Å². The lowest BCUT2D eigenvalue weighted by Crippen LogP contribution is -2.59. The fraction of sp³-hybridized carbons (Fsp3) is 0.462. The monoisotopic (exact) mass is 255 g/mol. The number of halogens is 2. The summed E-state index contributed by atoms with van der Waals surface area (Å²) in [4.78, 5) is 11.6. The van der Waals surface area contributed by atoms with Crippen molar-refractivity contribution < 1.29 is 18.7 Å². The number of rotatable bonds is 3.